The number of quaternary nitrogens is 1. The Kier molecular flexibility index (Phi) is 7.23. The van der Waals surface area contributed by atoms with Crippen molar-refractivity contribution in [2.75, 3.05) is 41.3 Å². The molecule has 0 bridgehead atoms. The van der Waals surface area contributed by atoms with Crippen molar-refractivity contribution in [3.05, 3.63) is 64.8 Å². The number of amides is 1. The number of likely N-dealkylation sites (N-methyl/N-ethyl adjacent to an activating group) is 1. The minimum absolute atomic E-state index is 0.0653. The molecule has 0 fully saturated rings. The van der Waals surface area contributed by atoms with E-state index in [1.807, 2.05) is 19.0 Å². The first-order valence-electron chi connectivity index (χ1n) is 9.57. The average Bonchev–Trinajstić information content (AvgIpc) is 2.75. The van der Waals surface area contributed by atoms with E-state index in [9.17, 15) is 4.79 Å². The van der Waals surface area contributed by atoms with Crippen molar-refractivity contribution in [3.8, 4) is 17.0 Å². The minimum Gasteiger partial charge on any atom is -0.476 e. The molecule has 2 aromatic heterocycles. The highest BCUT2D eigenvalue weighted by atomic mass is 35.5. The molecule has 162 valence electrons. The molecule has 0 aliphatic heterocycles. The van der Waals surface area contributed by atoms with E-state index in [-0.39, 0.29) is 10.4 Å². The van der Waals surface area contributed by atoms with Crippen molar-refractivity contribution in [1.82, 2.24) is 24.3 Å². The van der Waals surface area contributed by atoms with E-state index >= 15 is 0 Å². The SMILES string of the molecule is CN(C)CCOc1ncc(C(=O)[N+](C)(C)c2ccc(Cl)c(Cl)c2)cc1-c1cncnc1. The van der Waals surface area contributed by atoms with Gasteiger partial charge in [0.05, 0.1) is 29.7 Å². The van der Waals surface area contributed by atoms with Crippen LogP contribution in [0.3, 0.4) is 0 Å². The summed E-state index contributed by atoms with van der Waals surface area (Å²) >= 11 is 12.2. The predicted octanol–water partition coefficient (Wildman–Crippen LogP) is 4.19. The predicted molar refractivity (Wildman–Crippen MR) is 124 cm³/mol. The lowest BCUT2D eigenvalue weighted by Crippen LogP contribution is -2.46. The smallest absolute Gasteiger partial charge is 0.352 e. The van der Waals surface area contributed by atoms with E-state index in [1.54, 1.807) is 50.8 Å². The summed E-state index contributed by atoms with van der Waals surface area (Å²) in [6.07, 6.45) is 6.30. The second-order valence-corrected chi connectivity index (χ2v) is 8.53. The van der Waals surface area contributed by atoms with Crippen molar-refractivity contribution < 1.29 is 9.53 Å². The molecule has 3 aromatic rings. The van der Waals surface area contributed by atoms with Crippen LogP contribution in [0.4, 0.5) is 5.69 Å². The number of halogens is 2. The Labute approximate surface area is 191 Å². The molecule has 2 heterocycles. The quantitative estimate of drug-likeness (QED) is 0.492. The number of carbonyl (C=O) groups is 1. The van der Waals surface area contributed by atoms with E-state index in [4.69, 9.17) is 27.9 Å². The lowest BCUT2D eigenvalue weighted by molar-refractivity contribution is 0.0831. The molecular formula is C22H24Cl2N5O2+. The molecule has 1 amide bonds. The van der Waals surface area contributed by atoms with Crippen LogP contribution in [-0.4, -0.2) is 67.1 Å². The Morgan fingerprint density at radius 1 is 1.06 bits per heavy atom. The van der Waals surface area contributed by atoms with Crippen LogP contribution in [0.15, 0.2) is 49.2 Å². The number of ether oxygens (including phenoxy) is 1. The van der Waals surface area contributed by atoms with Gasteiger partial charge >= 0.3 is 5.91 Å². The number of hydrogen-bond donors (Lipinski definition) is 0. The summed E-state index contributed by atoms with van der Waals surface area (Å²) < 4.78 is 5.81. The molecule has 7 nitrogen and oxygen atoms in total. The van der Waals surface area contributed by atoms with Gasteiger partial charge in [-0.05, 0) is 26.2 Å². The molecule has 0 spiro atoms. The molecule has 0 N–H and O–H groups in total. The van der Waals surface area contributed by atoms with E-state index < -0.39 is 0 Å². The van der Waals surface area contributed by atoms with Gasteiger partial charge in [0.1, 0.15) is 18.6 Å². The van der Waals surface area contributed by atoms with Gasteiger partial charge in [-0.1, -0.05) is 23.2 Å². The summed E-state index contributed by atoms with van der Waals surface area (Å²) in [5, 5.41) is 0.827. The van der Waals surface area contributed by atoms with Gasteiger partial charge in [-0.15, -0.1) is 0 Å². The van der Waals surface area contributed by atoms with Crippen molar-refractivity contribution >= 4 is 34.8 Å². The zero-order chi connectivity index (χ0) is 22.6. The maximum absolute atomic E-state index is 13.4. The van der Waals surface area contributed by atoms with Crippen molar-refractivity contribution in [2.45, 2.75) is 0 Å². The van der Waals surface area contributed by atoms with E-state index in [1.165, 1.54) is 12.5 Å². The first-order chi connectivity index (χ1) is 14.7. The number of carbonyl (C=O) groups excluding carboxylic acids is 1. The van der Waals surface area contributed by atoms with Gasteiger partial charge in [0.15, 0.2) is 0 Å². The lowest BCUT2D eigenvalue weighted by Gasteiger charge is -2.26. The zero-order valence-electron chi connectivity index (χ0n) is 17.8. The van der Waals surface area contributed by atoms with Gasteiger partial charge < -0.3 is 9.64 Å². The topological polar surface area (TPSA) is 68.2 Å². The standard InChI is InChI=1S/C22H24Cl2N5O2/c1-28(2)7-8-31-21-18(16-11-25-14-26-12-16)9-15(13-27-21)22(30)29(3,4)17-5-6-19(23)20(24)10-17/h5-6,9-14H,7-8H2,1-4H3/q+1. The Bertz CT molecular complexity index is 1070. The van der Waals surface area contributed by atoms with E-state index in [0.29, 0.717) is 44.9 Å². The average molecular weight is 461 g/mol. The fraction of sp³-hybridized carbons (Fsp3) is 0.273. The molecule has 0 radical (unpaired) electrons. The van der Waals surface area contributed by atoms with Gasteiger partial charge in [-0.2, -0.15) is 0 Å². The molecule has 9 heteroatoms. The first-order valence-corrected chi connectivity index (χ1v) is 10.3. The number of nitrogens with zero attached hydrogens (tertiary/aromatic N) is 5. The van der Waals surface area contributed by atoms with Gasteiger partial charge in [-0.25, -0.2) is 24.2 Å². The van der Waals surface area contributed by atoms with Gasteiger partial charge in [0, 0.05) is 48.4 Å². The van der Waals surface area contributed by atoms with Crippen LogP contribution in [0.25, 0.3) is 11.1 Å². The lowest BCUT2D eigenvalue weighted by atomic mass is 10.1. The van der Waals surface area contributed by atoms with E-state index in [2.05, 4.69) is 15.0 Å². The third-order valence-electron chi connectivity index (χ3n) is 4.80. The number of benzene rings is 1. The third kappa shape index (κ3) is 5.37. The zero-order valence-corrected chi connectivity index (χ0v) is 19.4. The van der Waals surface area contributed by atoms with Crippen LogP contribution in [0.5, 0.6) is 5.88 Å². The fourth-order valence-corrected chi connectivity index (χ4v) is 3.22. The highest BCUT2D eigenvalue weighted by molar-refractivity contribution is 6.42. The second kappa shape index (κ2) is 9.70. The molecule has 0 saturated heterocycles. The summed E-state index contributed by atoms with van der Waals surface area (Å²) in [6, 6.07) is 6.92. The van der Waals surface area contributed by atoms with Crippen LogP contribution in [0.1, 0.15) is 10.4 Å². The van der Waals surface area contributed by atoms with E-state index in [0.717, 1.165) is 6.54 Å². The highest BCUT2D eigenvalue weighted by Crippen LogP contribution is 2.32. The first kappa shape index (κ1) is 23.1. The van der Waals surface area contributed by atoms with Gasteiger partial charge in [-0.3, -0.25) is 0 Å². The van der Waals surface area contributed by atoms with Crippen molar-refractivity contribution in [3.63, 3.8) is 0 Å². The molecule has 0 unspecified atom stereocenters. The Balaban J connectivity index is 1.98. The molecule has 3 rings (SSSR count). The normalized spacial score (nSPS) is 11.6. The molecule has 1 aromatic carbocycles. The highest BCUT2D eigenvalue weighted by Gasteiger charge is 2.32. The monoisotopic (exact) mass is 460 g/mol. The van der Waals surface area contributed by atoms with Crippen molar-refractivity contribution in [1.29, 1.82) is 0 Å². The third-order valence-corrected chi connectivity index (χ3v) is 5.54. The molecule has 0 saturated carbocycles. The number of hydrogen-bond acceptors (Lipinski definition) is 6. The number of pyridine rings is 1. The van der Waals surface area contributed by atoms with Gasteiger partial charge in [0.2, 0.25) is 5.88 Å². The van der Waals surface area contributed by atoms with Crippen LogP contribution < -0.4 is 9.22 Å². The summed E-state index contributed by atoms with van der Waals surface area (Å²) in [4.78, 5) is 28.1. The van der Waals surface area contributed by atoms with Crippen LogP contribution >= 0.6 is 23.2 Å². The van der Waals surface area contributed by atoms with Crippen LogP contribution in [0.2, 0.25) is 10.0 Å². The van der Waals surface area contributed by atoms with Crippen molar-refractivity contribution in [2.24, 2.45) is 0 Å². The summed E-state index contributed by atoms with van der Waals surface area (Å²) in [7, 11) is 7.50. The minimum atomic E-state index is -0.163. The molecule has 0 aliphatic carbocycles. The summed E-state index contributed by atoms with van der Waals surface area (Å²) in [6.45, 7) is 1.19. The molecular weight excluding hydrogens is 437 g/mol. The Morgan fingerprint density at radius 2 is 1.77 bits per heavy atom. The maximum Gasteiger partial charge on any atom is 0.352 e. The van der Waals surface area contributed by atoms with Crippen LogP contribution in [0, 0.1) is 0 Å². The molecule has 0 aliphatic rings. The number of aromatic nitrogens is 3. The number of rotatable bonds is 7. The molecule has 0 atom stereocenters. The Morgan fingerprint density at radius 3 is 2.42 bits per heavy atom. The largest absolute Gasteiger partial charge is 0.476 e. The fourth-order valence-electron chi connectivity index (χ4n) is 2.93. The van der Waals surface area contributed by atoms with Crippen LogP contribution in [-0.2, 0) is 0 Å². The summed E-state index contributed by atoms with van der Waals surface area (Å²) in [5.74, 6) is 0.261. The second-order valence-electron chi connectivity index (χ2n) is 7.71. The van der Waals surface area contributed by atoms with Gasteiger partial charge in [0.25, 0.3) is 0 Å². The maximum atomic E-state index is 13.4. The summed E-state index contributed by atoms with van der Waals surface area (Å²) in [5.41, 5.74) is 2.49. The Hall–Kier alpha value is -2.58. The molecule has 31 heavy (non-hydrogen) atoms.